The van der Waals surface area contributed by atoms with Gasteiger partial charge in [0.25, 0.3) is 0 Å². The molecular formula is C11H19. The van der Waals surface area contributed by atoms with Crippen LogP contribution in [0.5, 0.6) is 0 Å². The third-order valence-electron chi connectivity index (χ3n) is 1.93. The van der Waals surface area contributed by atoms with Crippen molar-refractivity contribution < 1.29 is 0 Å². The average Bonchev–Trinajstić information content (AvgIpc) is 1.86. The molecule has 0 bridgehead atoms. The van der Waals surface area contributed by atoms with Crippen LogP contribution in [0.3, 0.4) is 0 Å². The fourth-order valence-corrected chi connectivity index (χ4v) is 0.850. The number of hydrogen-bond acceptors (Lipinski definition) is 0. The minimum Gasteiger partial charge on any atom is -0.0859 e. The van der Waals surface area contributed by atoms with Gasteiger partial charge in [0.15, 0.2) is 0 Å². The Labute approximate surface area is 71.0 Å². The molecule has 0 spiro atoms. The van der Waals surface area contributed by atoms with E-state index in [1.165, 1.54) is 12.0 Å². The van der Waals surface area contributed by atoms with Crippen LogP contribution in [0.1, 0.15) is 40.5 Å². The van der Waals surface area contributed by atoms with Crippen LogP contribution in [0.2, 0.25) is 0 Å². The van der Waals surface area contributed by atoms with E-state index in [4.69, 9.17) is 6.58 Å². The van der Waals surface area contributed by atoms with Gasteiger partial charge in [0.05, 0.1) is 0 Å². The summed E-state index contributed by atoms with van der Waals surface area (Å²) in [5.74, 6) is 0.561. The maximum atomic E-state index is 5.65. The Kier molecular flexibility index (Phi) is 4.93. The molecule has 0 aliphatic carbocycles. The largest absolute Gasteiger partial charge is 0.0859 e. The number of rotatable bonds is 4. The van der Waals surface area contributed by atoms with Crippen LogP contribution in [0.15, 0.2) is 17.2 Å². The predicted octanol–water partition coefficient (Wildman–Crippen LogP) is 3.75. The third-order valence-corrected chi connectivity index (χ3v) is 1.93. The monoisotopic (exact) mass is 151 g/mol. The van der Waals surface area contributed by atoms with Gasteiger partial charge in [-0.1, -0.05) is 30.7 Å². The van der Waals surface area contributed by atoms with E-state index in [0.717, 1.165) is 12.0 Å². The molecule has 0 amide bonds. The topological polar surface area (TPSA) is 0 Å². The molecule has 0 unspecified atom stereocenters. The maximum Gasteiger partial charge on any atom is -0.0228 e. The van der Waals surface area contributed by atoms with Gasteiger partial charge >= 0.3 is 0 Å². The first-order chi connectivity index (χ1) is 5.04. The normalized spacial score (nSPS) is 12.4. The van der Waals surface area contributed by atoms with Crippen LogP contribution >= 0.6 is 0 Å². The lowest BCUT2D eigenvalue weighted by molar-refractivity contribution is 0.621. The first-order valence-electron chi connectivity index (χ1n) is 4.26. The molecule has 0 aliphatic rings. The molecule has 11 heavy (non-hydrogen) atoms. The van der Waals surface area contributed by atoms with Crippen molar-refractivity contribution >= 4 is 0 Å². The van der Waals surface area contributed by atoms with E-state index in [1.807, 2.05) is 6.92 Å². The molecule has 0 heteroatoms. The number of hydrogen-bond donors (Lipinski definition) is 0. The van der Waals surface area contributed by atoms with E-state index in [2.05, 4.69) is 26.8 Å². The average molecular weight is 151 g/mol. The summed E-state index contributed by atoms with van der Waals surface area (Å²) in [6, 6.07) is 0. The van der Waals surface area contributed by atoms with Crippen LogP contribution in [-0.4, -0.2) is 0 Å². The van der Waals surface area contributed by atoms with Crippen molar-refractivity contribution in [2.45, 2.75) is 40.5 Å². The lowest BCUT2D eigenvalue weighted by Crippen LogP contribution is -1.93. The van der Waals surface area contributed by atoms with Gasteiger partial charge in [0, 0.05) is 0 Å². The van der Waals surface area contributed by atoms with E-state index in [1.54, 1.807) is 0 Å². The summed E-state index contributed by atoms with van der Waals surface area (Å²) in [6.07, 6.45) is 4.59. The third kappa shape index (κ3) is 5.90. The summed E-state index contributed by atoms with van der Waals surface area (Å²) < 4.78 is 0. The zero-order valence-corrected chi connectivity index (χ0v) is 8.15. The number of allylic oxidation sites excluding steroid dienone is 3. The van der Waals surface area contributed by atoms with Gasteiger partial charge in [-0.05, 0) is 39.5 Å². The quantitative estimate of drug-likeness (QED) is 0.537. The Morgan fingerprint density at radius 3 is 2.27 bits per heavy atom. The lowest BCUT2D eigenvalue weighted by atomic mass is 9.98. The highest BCUT2D eigenvalue weighted by Gasteiger charge is 1.99. The fourth-order valence-electron chi connectivity index (χ4n) is 0.850. The van der Waals surface area contributed by atoms with Gasteiger partial charge in [0.2, 0.25) is 0 Å². The summed E-state index contributed by atoms with van der Waals surface area (Å²) in [5, 5.41) is 0. The highest BCUT2D eigenvalue weighted by molar-refractivity contribution is 4.96. The van der Waals surface area contributed by atoms with Crippen molar-refractivity contribution in [1.29, 1.82) is 0 Å². The van der Waals surface area contributed by atoms with Crippen molar-refractivity contribution in [1.82, 2.24) is 0 Å². The van der Waals surface area contributed by atoms with Gasteiger partial charge < -0.3 is 0 Å². The van der Waals surface area contributed by atoms with Gasteiger partial charge in [-0.2, -0.15) is 0 Å². The molecule has 0 fully saturated rings. The Bertz CT molecular complexity index is 147. The maximum absolute atomic E-state index is 5.65. The highest BCUT2D eigenvalue weighted by atomic mass is 14.0. The van der Waals surface area contributed by atoms with Crippen LogP contribution < -0.4 is 0 Å². The molecule has 1 atom stereocenters. The molecule has 0 aromatic heterocycles. The summed E-state index contributed by atoms with van der Waals surface area (Å²) in [5.41, 5.74) is 2.44. The SMILES string of the molecule is [CH]=C(C)[C@@H](C)CCC=C(C)C. The smallest absolute Gasteiger partial charge is 0.0228 e. The van der Waals surface area contributed by atoms with Crippen LogP contribution in [-0.2, 0) is 0 Å². The highest BCUT2D eigenvalue weighted by Crippen LogP contribution is 2.14. The second kappa shape index (κ2) is 5.17. The fraction of sp³-hybridized carbons (Fsp3) is 0.636. The standard InChI is InChI=1S/C11H19/c1-9(2)7-6-8-11(5)10(3)4/h3,7,11H,6,8H2,1-2,4-5H3/t11-/m0/s1. The molecule has 63 valence electrons. The summed E-state index contributed by atoms with van der Waals surface area (Å²) >= 11 is 0. The van der Waals surface area contributed by atoms with Crippen LogP contribution in [0.4, 0.5) is 0 Å². The molecule has 1 radical (unpaired) electrons. The first kappa shape index (κ1) is 10.5. The van der Waals surface area contributed by atoms with Gasteiger partial charge in [-0.3, -0.25) is 0 Å². The minimum atomic E-state index is 0.561. The molecular weight excluding hydrogens is 132 g/mol. The molecule has 0 N–H and O–H groups in total. The summed E-state index contributed by atoms with van der Waals surface area (Å²) in [6.45, 7) is 14.1. The molecule has 0 aromatic rings. The van der Waals surface area contributed by atoms with E-state index in [9.17, 15) is 0 Å². The Morgan fingerprint density at radius 2 is 1.91 bits per heavy atom. The molecule has 0 heterocycles. The molecule has 0 nitrogen and oxygen atoms in total. The van der Waals surface area contributed by atoms with E-state index in [-0.39, 0.29) is 0 Å². The predicted molar refractivity (Wildman–Crippen MR) is 51.3 cm³/mol. The van der Waals surface area contributed by atoms with Crippen molar-refractivity contribution in [2.24, 2.45) is 5.92 Å². The van der Waals surface area contributed by atoms with Gasteiger partial charge in [-0.25, -0.2) is 0 Å². The molecule has 0 aliphatic heterocycles. The zero-order chi connectivity index (χ0) is 8.85. The van der Waals surface area contributed by atoms with Crippen LogP contribution in [0, 0.1) is 12.5 Å². The molecule has 0 saturated carbocycles. The first-order valence-corrected chi connectivity index (χ1v) is 4.26. The van der Waals surface area contributed by atoms with Crippen molar-refractivity contribution in [3.8, 4) is 0 Å². The Morgan fingerprint density at radius 1 is 1.36 bits per heavy atom. The zero-order valence-electron chi connectivity index (χ0n) is 8.15. The lowest BCUT2D eigenvalue weighted by Gasteiger charge is -2.07. The van der Waals surface area contributed by atoms with E-state index in [0.29, 0.717) is 5.92 Å². The summed E-state index contributed by atoms with van der Waals surface area (Å²) in [7, 11) is 0. The van der Waals surface area contributed by atoms with Crippen molar-refractivity contribution in [2.75, 3.05) is 0 Å². The van der Waals surface area contributed by atoms with Gasteiger partial charge in [-0.15, -0.1) is 0 Å². The van der Waals surface area contributed by atoms with E-state index < -0.39 is 0 Å². The van der Waals surface area contributed by atoms with E-state index >= 15 is 0 Å². The van der Waals surface area contributed by atoms with Crippen LogP contribution in [0.25, 0.3) is 0 Å². The summed E-state index contributed by atoms with van der Waals surface area (Å²) in [4.78, 5) is 0. The minimum absolute atomic E-state index is 0.561. The molecule has 0 rings (SSSR count). The van der Waals surface area contributed by atoms with Crippen molar-refractivity contribution in [3.05, 3.63) is 23.8 Å². The molecule has 0 saturated heterocycles. The molecule has 0 aromatic carbocycles. The Balaban J connectivity index is 3.55. The van der Waals surface area contributed by atoms with Gasteiger partial charge in [0.1, 0.15) is 0 Å². The van der Waals surface area contributed by atoms with Crippen molar-refractivity contribution in [3.63, 3.8) is 0 Å². The second-order valence-electron chi connectivity index (χ2n) is 3.50. The Hall–Kier alpha value is -0.520. The second-order valence-corrected chi connectivity index (χ2v) is 3.50.